The van der Waals surface area contributed by atoms with Crippen molar-refractivity contribution in [3.05, 3.63) is 75.1 Å². The van der Waals surface area contributed by atoms with E-state index in [1.54, 1.807) is 28.9 Å². The fourth-order valence-electron chi connectivity index (χ4n) is 2.50. The monoisotopic (exact) mass is 345 g/mol. The molecule has 0 aliphatic carbocycles. The number of nitro benzene ring substituents is 1. The van der Waals surface area contributed by atoms with Crippen molar-refractivity contribution in [2.24, 2.45) is 0 Å². The van der Waals surface area contributed by atoms with Gasteiger partial charge in [-0.05, 0) is 28.6 Å². The first-order chi connectivity index (χ1) is 11.6. The molecule has 0 amide bonds. The third kappa shape index (κ3) is 3.10. The Labute approximate surface area is 142 Å². The highest BCUT2D eigenvalue weighted by molar-refractivity contribution is 6.30. The number of nitrogens with zero attached hydrogens (tertiary/aromatic N) is 5. The van der Waals surface area contributed by atoms with E-state index in [0.717, 1.165) is 11.3 Å². The van der Waals surface area contributed by atoms with Crippen LogP contribution in [0.3, 0.4) is 0 Å². The summed E-state index contributed by atoms with van der Waals surface area (Å²) in [5, 5.41) is 25.3. The molecule has 2 N–H and O–H groups in total. The zero-order chi connectivity index (χ0) is 17.1. The molecule has 3 aromatic rings. The predicted octanol–water partition coefficient (Wildman–Crippen LogP) is 1.51. The van der Waals surface area contributed by atoms with Crippen molar-refractivity contribution in [3.8, 4) is 5.69 Å². The number of aromatic nitrogens is 4. The van der Waals surface area contributed by atoms with Gasteiger partial charge in [-0.3, -0.25) is 10.1 Å². The maximum Gasteiger partial charge on any atom is 0.269 e. The summed E-state index contributed by atoms with van der Waals surface area (Å²) in [6.07, 6.45) is 0. The van der Waals surface area contributed by atoms with Crippen molar-refractivity contribution in [2.45, 2.75) is 6.04 Å². The molecule has 122 valence electrons. The van der Waals surface area contributed by atoms with Gasteiger partial charge in [-0.1, -0.05) is 29.8 Å². The molecule has 9 heteroatoms. The van der Waals surface area contributed by atoms with Gasteiger partial charge >= 0.3 is 0 Å². The van der Waals surface area contributed by atoms with Gasteiger partial charge in [0.2, 0.25) is 5.82 Å². The molecule has 0 spiro atoms. The highest BCUT2D eigenvalue weighted by atomic mass is 35.5. The normalized spacial score (nSPS) is 12.1. The van der Waals surface area contributed by atoms with E-state index in [0.29, 0.717) is 10.8 Å². The van der Waals surface area contributed by atoms with Crippen molar-refractivity contribution in [1.82, 2.24) is 20.2 Å². The van der Waals surface area contributed by atoms with Gasteiger partial charge in [-0.25, -0.2) is 0 Å². The maximum atomic E-state index is 11.0. The van der Waals surface area contributed by atoms with E-state index in [-0.39, 0.29) is 11.7 Å². The summed E-state index contributed by atoms with van der Waals surface area (Å²) in [5.74, 6) is 0.556. The number of nitro groups is 1. The van der Waals surface area contributed by atoms with Crippen molar-refractivity contribution < 1.29 is 10.2 Å². The fourth-order valence-corrected chi connectivity index (χ4v) is 2.69. The molecule has 1 heterocycles. The Morgan fingerprint density at radius 1 is 1.25 bits per heavy atom. The molecule has 0 saturated carbocycles. The van der Waals surface area contributed by atoms with E-state index in [4.69, 9.17) is 11.6 Å². The maximum absolute atomic E-state index is 11.0. The van der Waals surface area contributed by atoms with Gasteiger partial charge in [0, 0.05) is 22.7 Å². The molecule has 1 atom stereocenters. The summed E-state index contributed by atoms with van der Waals surface area (Å²) in [7, 11) is 1.86. The second kappa shape index (κ2) is 6.73. The fraction of sp³-hybridized carbons (Fsp3) is 0.133. The van der Waals surface area contributed by atoms with E-state index in [2.05, 4.69) is 15.5 Å². The molecule has 0 aliphatic heterocycles. The average molecular weight is 346 g/mol. The third-order valence-electron chi connectivity index (χ3n) is 3.60. The predicted molar refractivity (Wildman–Crippen MR) is 87.0 cm³/mol. The van der Waals surface area contributed by atoms with Gasteiger partial charge in [0.25, 0.3) is 5.69 Å². The smallest absolute Gasteiger partial charge is 0.269 e. The summed E-state index contributed by atoms with van der Waals surface area (Å²) in [5.41, 5.74) is 1.49. The molecule has 0 saturated heterocycles. The number of benzene rings is 2. The number of hydrogen-bond acceptors (Lipinski definition) is 5. The standard InChI is InChI=1S/C15H13ClN6O2/c1-17-14(10-4-2-7-13(8-10)22(23)24)15-18-19-20-21(15)12-6-3-5-11(16)9-12/h2-9,14,17H,1H3/p+1/t14-/m1/s1. The largest absolute Gasteiger partial charge is 0.336 e. The molecular weight excluding hydrogens is 332 g/mol. The van der Waals surface area contributed by atoms with E-state index >= 15 is 0 Å². The van der Waals surface area contributed by atoms with Crippen LogP contribution in [0.15, 0.2) is 48.5 Å². The minimum Gasteiger partial charge on any atom is -0.336 e. The number of nitrogens with two attached hydrogens (primary N) is 1. The Morgan fingerprint density at radius 2 is 2.04 bits per heavy atom. The van der Waals surface area contributed by atoms with Crippen LogP contribution in [-0.4, -0.2) is 32.2 Å². The SMILES string of the molecule is C[NH2+][C@H](c1cccc([N+](=O)[O-])c1)c1nnnn1-c1cccc(Cl)c1. The van der Waals surface area contributed by atoms with Gasteiger partial charge in [-0.15, -0.1) is 5.10 Å². The number of rotatable bonds is 5. The number of non-ortho nitro benzene ring substituents is 1. The highest BCUT2D eigenvalue weighted by Crippen LogP contribution is 2.23. The van der Waals surface area contributed by atoms with Crippen molar-refractivity contribution in [3.63, 3.8) is 0 Å². The van der Waals surface area contributed by atoms with Crippen molar-refractivity contribution in [1.29, 1.82) is 0 Å². The van der Waals surface area contributed by atoms with Crippen molar-refractivity contribution in [2.75, 3.05) is 7.05 Å². The second-order valence-electron chi connectivity index (χ2n) is 5.09. The number of quaternary nitrogens is 1. The number of tetrazole rings is 1. The molecule has 24 heavy (non-hydrogen) atoms. The van der Waals surface area contributed by atoms with Gasteiger partial charge in [0.15, 0.2) is 6.04 Å². The van der Waals surface area contributed by atoms with Crippen molar-refractivity contribution >= 4 is 17.3 Å². The Balaban J connectivity index is 2.06. The van der Waals surface area contributed by atoms with Crippen LogP contribution in [-0.2, 0) is 0 Å². The second-order valence-corrected chi connectivity index (χ2v) is 5.53. The molecule has 0 unspecified atom stereocenters. The van der Waals surface area contributed by atoms with E-state index in [1.165, 1.54) is 12.1 Å². The lowest BCUT2D eigenvalue weighted by Crippen LogP contribution is -2.81. The third-order valence-corrected chi connectivity index (χ3v) is 3.83. The number of hydrogen-bond donors (Lipinski definition) is 1. The minimum atomic E-state index is -0.420. The lowest BCUT2D eigenvalue weighted by atomic mass is 10.1. The molecule has 1 aromatic heterocycles. The van der Waals surface area contributed by atoms with Crippen LogP contribution in [0.4, 0.5) is 5.69 Å². The lowest BCUT2D eigenvalue weighted by Gasteiger charge is -2.13. The minimum absolute atomic E-state index is 0.0288. The lowest BCUT2D eigenvalue weighted by molar-refractivity contribution is -0.662. The van der Waals surface area contributed by atoms with Crippen LogP contribution in [0.2, 0.25) is 5.02 Å². The summed E-state index contributed by atoms with van der Waals surface area (Å²) in [6, 6.07) is 13.3. The quantitative estimate of drug-likeness (QED) is 0.557. The first-order valence-electron chi connectivity index (χ1n) is 7.18. The van der Waals surface area contributed by atoms with Crippen LogP contribution in [0.1, 0.15) is 17.4 Å². The van der Waals surface area contributed by atoms with Gasteiger partial charge < -0.3 is 5.32 Å². The zero-order valence-electron chi connectivity index (χ0n) is 12.7. The Hall–Kier alpha value is -2.84. The Bertz CT molecular complexity index is 882. The van der Waals surface area contributed by atoms with Gasteiger partial charge in [0.1, 0.15) is 0 Å². The van der Waals surface area contributed by atoms with Crippen LogP contribution in [0.5, 0.6) is 0 Å². The summed E-state index contributed by atoms with van der Waals surface area (Å²) in [6.45, 7) is 0. The first-order valence-corrected chi connectivity index (χ1v) is 7.56. The molecular formula is C15H14ClN6O2+. The van der Waals surface area contributed by atoms with Crippen LogP contribution < -0.4 is 5.32 Å². The molecule has 0 aliphatic rings. The summed E-state index contributed by atoms with van der Waals surface area (Å²) in [4.78, 5) is 10.6. The molecule has 0 fully saturated rings. The molecule has 2 aromatic carbocycles. The van der Waals surface area contributed by atoms with Crippen LogP contribution >= 0.6 is 11.6 Å². The van der Waals surface area contributed by atoms with Crippen LogP contribution in [0.25, 0.3) is 5.69 Å². The topological polar surface area (TPSA) is 103 Å². The first kappa shape index (κ1) is 16.0. The number of halogens is 1. The highest BCUT2D eigenvalue weighted by Gasteiger charge is 2.25. The Kier molecular flexibility index (Phi) is 4.50. The van der Waals surface area contributed by atoms with E-state index < -0.39 is 4.92 Å². The van der Waals surface area contributed by atoms with Crippen LogP contribution in [0, 0.1) is 10.1 Å². The van der Waals surface area contributed by atoms with E-state index in [1.807, 2.05) is 24.5 Å². The molecule has 3 rings (SSSR count). The Morgan fingerprint density at radius 3 is 2.75 bits per heavy atom. The summed E-state index contributed by atoms with van der Waals surface area (Å²) < 4.78 is 1.58. The molecule has 8 nitrogen and oxygen atoms in total. The average Bonchev–Trinajstić information content (AvgIpc) is 3.05. The molecule has 0 radical (unpaired) electrons. The molecule has 0 bridgehead atoms. The van der Waals surface area contributed by atoms with Gasteiger partial charge in [0.05, 0.1) is 17.7 Å². The zero-order valence-corrected chi connectivity index (χ0v) is 13.5. The van der Waals surface area contributed by atoms with Gasteiger partial charge in [-0.2, -0.15) is 4.68 Å². The summed E-state index contributed by atoms with van der Waals surface area (Å²) >= 11 is 6.04. The van der Waals surface area contributed by atoms with E-state index in [9.17, 15) is 10.1 Å².